The first-order valence-electron chi connectivity index (χ1n) is 8.37. The first-order valence-corrected chi connectivity index (χ1v) is 9.19. The van der Waals surface area contributed by atoms with Crippen LogP contribution in [0.25, 0.3) is 10.2 Å². The van der Waals surface area contributed by atoms with Crippen LogP contribution in [0, 0.1) is 0 Å². The van der Waals surface area contributed by atoms with Crippen LogP contribution in [0.15, 0.2) is 64.6 Å². The van der Waals surface area contributed by atoms with Crippen LogP contribution >= 0.6 is 11.3 Å². The van der Waals surface area contributed by atoms with Crippen molar-refractivity contribution in [1.82, 2.24) is 9.47 Å². The molecular weight excluding hydrogens is 332 g/mol. The van der Waals surface area contributed by atoms with Gasteiger partial charge in [-0.3, -0.25) is 0 Å². The van der Waals surface area contributed by atoms with Crippen LogP contribution in [0.4, 0.5) is 5.69 Å². The third-order valence-corrected chi connectivity index (χ3v) is 5.30. The molecule has 2 aromatic carbocycles. The lowest BCUT2D eigenvalue weighted by molar-refractivity contribution is 0.0675. The summed E-state index contributed by atoms with van der Waals surface area (Å²) in [6, 6.07) is 18.3. The van der Waals surface area contributed by atoms with Crippen LogP contribution in [0.1, 0.15) is 0 Å². The highest BCUT2D eigenvalue weighted by atomic mass is 32.1. The van der Waals surface area contributed by atoms with E-state index in [0.29, 0.717) is 13.2 Å². The summed E-state index contributed by atoms with van der Waals surface area (Å²) in [7, 11) is 2.05. The molecule has 0 N–H and O–H groups in total. The van der Waals surface area contributed by atoms with Gasteiger partial charge in [-0.2, -0.15) is 4.99 Å². The number of para-hydroxylation sites is 2. The Labute approximate surface area is 150 Å². The maximum Gasteiger partial charge on any atom is 0.228 e. The summed E-state index contributed by atoms with van der Waals surface area (Å²) in [6.45, 7) is 3.04. The molecule has 1 aromatic heterocycles. The number of nitrogens with zero attached hydrogens (tertiary/aromatic N) is 4. The molecule has 1 aliphatic heterocycles. The predicted molar refractivity (Wildman–Crippen MR) is 102 cm³/mol. The van der Waals surface area contributed by atoms with Crippen LogP contribution < -0.4 is 4.80 Å². The van der Waals surface area contributed by atoms with E-state index in [1.807, 2.05) is 30.3 Å². The van der Waals surface area contributed by atoms with Crippen molar-refractivity contribution in [3.05, 3.63) is 59.4 Å². The highest BCUT2D eigenvalue weighted by Gasteiger charge is 2.15. The lowest BCUT2D eigenvalue weighted by Gasteiger charge is -2.27. The summed E-state index contributed by atoms with van der Waals surface area (Å²) < 4.78 is 8.83. The van der Waals surface area contributed by atoms with Crippen molar-refractivity contribution in [1.29, 1.82) is 0 Å². The number of aromatic nitrogens is 1. The Morgan fingerprint density at radius 3 is 2.48 bits per heavy atom. The molecule has 0 aliphatic carbocycles. The first-order chi connectivity index (χ1) is 12.3. The normalized spacial score (nSPS) is 16.6. The molecular formula is C19H20N4OS. The molecule has 0 amide bonds. The van der Waals surface area contributed by atoms with Crippen LogP contribution in [-0.2, 0) is 11.8 Å². The number of ether oxygens (including phenoxy) is 1. The number of fused-ring (bicyclic) bond motifs is 1. The van der Waals surface area contributed by atoms with Crippen LogP contribution in [-0.4, -0.2) is 41.7 Å². The molecule has 128 valence electrons. The Morgan fingerprint density at radius 1 is 1.00 bits per heavy atom. The Balaban J connectivity index is 1.82. The number of benzene rings is 2. The van der Waals surface area contributed by atoms with E-state index in [-0.39, 0.29) is 0 Å². The number of morpholine rings is 1. The van der Waals surface area contributed by atoms with Crippen molar-refractivity contribution >= 4 is 33.2 Å². The van der Waals surface area contributed by atoms with Crippen molar-refractivity contribution in [2.45, 2.75) is 0 Å². The molecule has 1 aliphatic rings. The van der Waals surface area contributed by atoms with Gasteiger partial charge in [0.1, 0.15) is 0 Å². The van der Waals surface area contributed by atoms with Gasteiger partial charge >= 0.3 is 0 Å². The maximum absolute atomic E-state index is 5.48. The number of guanidine groups is 1. The summed E-state index contributed by atoms with van der Waals surface area (Å²) in [5.41, 5.74) is 2.10. The predicted octanol–water partition coefficient (Wildman–Crippen LogP) is 3.16. The maximum atomic E-state index is 5.48. The Kier molecular flexibility index (Phi) is 4.63. The summed E-state index contributed by atoms with van der Waals surface area (Å²) in [6.07, 6.45) is 0. The minimum atomic E-state index is 0.710. The molecule has 3 aromatic rings. The lowest BCUT2D eigenvalue weighted by Crippen LogP contribution is -2.40. The number of hydrogen-bond donors (Lipinski definition) is 0. The highest BCUT2D eigenvalue weighted by Crippen LogP contribution is 2.16. The zero-order valence-corrected chi connectivity index (χ0v) is 14.9. The van der Waals surface area contributed by atoms with E-state index in [2.05, 4.69) is 40.8 Å². The number of thiazole rings is 1. The molecule has 4 rings (SSSR count). The molecule has 0 spiro atoms. The van der Waals surface area contributed by atoms with Crippen LogP contribution in [0.2, 0.25) is 0 Å². The van der Waals surface area contributed by atoms with E-state index in [1.165, 1.54) is 10.2 Å². The van der Waals surface area contributed by atoms with E-state index in [0.717, 1.165) is 29.5 Å². The average Bonchev–Trinajstić information content (AvgIpc) is 2.99. The molecule has 25 heavy (non-hydrogen) atoms. The number of aliphatic imine (C=N–C) groups is 1. The third-order valence-electron chi connectivity index (χ3n) is 4.19. The molecule has 5 nitrogen and oxygen atoms in total. The molecule has 0 saturated carbocycles. The summed E-state index contributed by atoms with van der Waals surface area (Å²) >= 11 is 1.68. The van der Waals surface area contributed by atoms with E-state index >= 15 is 0 Å². The van der Waals surface area contributed by atoms with Crippen molar-refractivity contribution in [2.24, 2.45) is 17.0 Å². The molecule has 6 heteroatoms. The van der Waals surface area contributed by atoms with Gasteiger partial charge in [-0.05, 0) is 24.3 Å². The van der Waals surface area contributed by atoms with Crippen molar-refractivity contribution in [3.8, 4) is 0 Å². The van der Waals surface area contributed by atoms with Gasteiger partial charge in [0.2, 0.25) is 5.96 Å². The third kappa shape index (κ3) is 3.50. The van der Waals surface area contributed by atoms with Crippen LogP contribution in [0.3, 0.4) is 0 Å². The monoisotopic (exact) mass is 352 g/mol. The van der Waals surface area contributed by atoms with Crippen LogP contribution in [0.5, 0.6) is 0 Å². The van der Waals surface area contributed by atoms with Crippen molar-refractivity contribution in [2.75, 3.05) is 26.3 Å². The number of aryl methyl sites for hydroxylation is 1. The minimum absolute atomic E-state index is 0.710. The van der Waals surface area contributed by atoms with Gasteiger partial charge in [0, 0.05) is 20.1 Å². The fourth-order valence-electron chi connectivity index (χ4n) is 2.82. The van der Waals surface area contributed by atoms with E-state index in [1.54, 1.807) is 11.3 Å². The molecule has 0 atom stereocenters. The highest BCUT2D eigenvalue weighted by molar-refractivity contribution is 7.16. The quantitative estimate of drug-likeness (QED) is 0.499. The van der Waals surface area contributed by atoms with E-state index < -0.39 is 0 Å². The summed E-state index contributed by atoms with van der Waals surface area (Å²) in [5, 5.41) is 0. The van der Waals surface area contributed by atoms with Gasteiger partial charge in [-0.1, -0.05) is 41.7 Å². The standard InChI is InChI=1S/C19H20N4OS/c1-22-16-9-5-6-10-17(16)25-19(22)21-18(23-11-13-24-14-12-23)20-15-7-3-2-4-8-15/h2-10H,11-14H2,1H3/b20-18?,21-19+. The topological polar surface area (TPSA) is 42.1 Å². The Hall–Kier alpha value is -2.44. The summed E-state index contributed by atoms with van der Waals surface area (Å²) in [4.78, 5) is 12.9. The van der Waals surface area contributed by atoms with Gasteiger partial charge in [0.25, 0.3) is 0 Å². The largest absolute Gasteiger partial charge is 0.378 e. The fraction of sp³-hybridized carbons (Fsp3) is 0.263. The Bertz CT molecular complexity index is 952. The smallest absolute Gasteiger partial charge is 0.228 e. The van der Waals surface area contributed by atoms with Gasteiger partial charge in [0.05, 0.1) is 29.1 Å². The van der Waals surface area contributed by atoms with E-state index in [9.17, 15) is 0 Å². The average molecular weight is 352 g/mol. The van der Waals surface area contributed by atoms with Gasteiger partial charge in [-0.15, -0.1) is 0 Å². The molecule has 1 fully saturated rings. The van der Waals surface area contributed by atoms with E-state index in [4.69, 9.17) is 14.7 Å². The molecule has 2 heterocycles. The molecule has 0 bridgehead atoms. The number of hydrogen-bond acceptors (Lipinski definition) is 3. The number of rotatable bonds is 1. The van der Waals surface area contributed by atoms with Gasteiger partial charge < -0.3 is 14.2 Å². The zero-order chi connectivity index (χ0) is 17.1. The van der Waals surface area contributed by atoms with Crippen molar-refractivity contribution < 1.29 is 4.74 Å². The lowest BCUT2D eigenvalue weighted by atomic mass is 10.3. The fourth-order valence-corrected chi connectivity index (χ4v) is 3.84. The Morgan fingerprint density at radius 2 is 1.72 bits per heavy atom. The molecule has 1 saturated heterocycles. The minimum Gasteiger partial charge on any atom is -0.378 e. The SMILES string of the molecule is Cn1/c(=N\C(=Nc2ccccc2)N2CCOCC2)sc2ccccc21. The summed E-state index contributed by atoms with van der Waals surface area (Å²) in [5.74, 6) is 0.747. The first kappa shape index (κ1) is 16.1. The molecule has 0 unspecified atom stereocenters. The second-order valence-electron chi connectivity index (χ2n) is 5.87. The second-order valence-corrected chi connectivity index (χ2v) is 6.88. The molecule has 0 radical (unpaired) electrons. The van der Waals surface area contributed by atoms with Crippen molar-refractivity contribution in [3.63, 3.8) is 0 Å². The van der Waals surface area contributed by atoms with Gasteiger partial charge in [0.15, 0.2) is 4.80 Å². The zero-order valence-electron chi connectivity index (χ0n) is 14.1. The second kappa shape index (κ2) is 7.21. The van der Waals surface area contributed by atoms with Gasteiger partial charge in [-0.25, -0.2) is 4.99 Å².